The van der Waals surface area contributed by atoms with Gasteiger partial charge in [0.1, 0.15) is 0 Å². The summed E-state index contributed by atoms with van der Waals surface area (Å²) in [6, 6.07) is 0. The van der Waals surface area contributed by atoms with E-state index in [2.05, 4.69) is 37.3 Å². The minimum absolute atomic E-state index is 0.713. The molecule has 0 radical (unpaired) electrons. The van der Waals surface area contributed by atoms with E-state index in [1.165, 1.54) is 6.42 Å². The Kier molecular flexibility index (Phi) is 1.26. The van der Waals surface area contributed by atoms with Crippen LogP contribution in [0.15, 0.2) is 36.0 Å². The highest BCUT2D eigenvalue weighted by Gasteiger charge is 2.21. The van der Waals surface area contributed by atoms with Crippen molar-refractivity contribution in [2.75, 3.05) is 0 Å². The fraction of sp³-hybridized carbons (Fsp3) is 0.400. The molecule has 0 heteroatoms. The molecule has 0 amide bonds. The SMILES string of the molecule is CC1=CC2C=CC=CC2C1. The van der Waals surface area contributed by atoms with E-state index in [4.69, 9.17) is 0 Å². The lowest BCUT2D eigenvalue weighted by Gasteiger charge is -2.13. The monoisotopic (exact) mass is 132 g/mol. The zero-order valence-electron chi connectivity index (χ0n) is 6.25. The van der Waals surface area contributed by atoms with Crippen LogP contribution in [-0.2, 0) is 0 Å². The van der Waals surface area contributed by atoms with E-state index in [9.17, 15) is 0 Å². The summed E-state index contributed by atoms with van der Waals surface area (Å²) in [5.41, 5.74) is 1.55. The van der Waals surface area contributed by atoms with Crippen LogP contribution < -0.4 is 0 Å². The van der Waals surface area contributed by atoms with E-state index in [1.54, 1.807) is 5.57 Å². The minimum atomic E-state index is 0.713. The van der Waals surface area contributed by atoms with Crippen molar-refractivity contribution in [3.05, 3.63) is 36.0 Å². The highest BCUT2D eigenvalue weighted by Crippen LogP contribution is 2.33. The van der Waals surface area contributed by atoms with Crippen LogP contribution in [0.25, 0.3) is 0 Å². The molecular weight excluding hydrogens is 120 g/mol. The fourth-order valence-electron chi connectivity index (χ4n) is 1.82. The van der Waals surface area contributed by atoms with E-state index in [0.717, 1.165) is 5.92 Å². The maximum atomic E-state index is 2.38. The molecule has 52 valence electrons. The van der Waals surface area contributed by atoms with Crippen molar-refractivity contribution in [1.29, 1.82) is 0 Å². The molecule has 0 aromatic heterocycles. The van der Waals surface area contributed by atoms with E-state index < -0.39 is 0 Å². The van der Waals surface area contributed by atoms with Crippen LogP contribution in [0.4, 0.5) is 0 Å². The summed E-state index contributed by atoms with van der Waals surface area (Å²) in [5, 5.41) is 0. The van der Waals surface area contributed by atoms with Gasteiger partial charge in [-0.15, -0.1) is 0 Å². The van der Waals surface area contributed by atoms with Crippen molar-refractivity contribution in [2.45, 2.75) is 13.3 Å². The molecule has 2 unspecified atom stereocenters. The molecule has 2 rings (SSSR count). The number of rotatable bonds is 0. The summed E-state index contributed by atoms with van der Waals surface area (Å²) < 4.78 is 0. The van der Waals surface area contributed by atoms with Crippen LogP contribution in [0.2, 0.25) is 0 Å². The molecule has 0 aliphatic heterocycles. The summed E-state index contributed by atoms with van der Waals surface area (Å²) in [6.07, 6.45) is 12.6. The predicted molar refractivity (Wildman–Crippen MR) is 43.6 cm³/mol. The molecule has 0 bridgehead atoms. The topological polar surface area (TPSA) is 0 Å². The number of fused-ring (bicyclic) bond motifs is 1. The van der Waals surface area contributed by atoms with E-state index in [0.29, 0.717) is 5.92 Å². The molecular formula is C10H12. The average molecular weight is 132 g/mol. The lowest BCUT2D eigenvalue weighted by Crippen LogP contribution is -2.03. The molecule has 10 heavy (non-hydrogen) atoms. The van der Waals surface area contributed by atoms with Gasteiger partial charge in [0.05, 0.1) is 0 Å². The third-order valence-electron chi connectivity index (χ3n) is 2.33. The Morgan fingerprint density at radius 3 is 2.90 bits per heavy atom. The van der Waals surface area contributed by atoms with Gasteiger partial charge >= 0.3 is 0 Å². The van der Waals surface area contributed by atoms with Gasteiger partial charge in [-0.2, -0.15) is 0 Å². The molecule has 0 nitrogen and oxygen atoms in total. The molecule has 0 heterocycles. The Morgan fingerprint density at radius 1 is 1.30 bits per heavy atom. The molecule has 0 N–H and O–H groups in total. The molecule has 0 saturated heterocycles. The number of hydrogen-bond acceptors (Lipinski definition) is 0. The van der Waals surface area contributed by atoms with Crippen molar-refractivity contribution in [3.8, 4) is 0 Å². The molecule has 2 atom stereocenters. The quantitative estimate of drug-likeness (QED) is 0.444. The van der Waals surface area contributed by atoms with Crippen molar-refractivity contribution in [1.82, 2.24) is 0 Å². The van der Waals surface area contributed by atoms with Crippen LogP contribution >= 0.6 is 0 Å². The van der Waals surface area contributed by atoms with Crippen molar-refractivity contribution in [3.63, 3.8) is 0 Å². The molecule has 2 aliphatic carbocycles. The van der Waals surface area contributed by atoms with Crippen LogP contribution in [0.5, 0.6) is 0 Å². The molecule has 0 aromatic carbocycles. The van der Waals surface area contributed by atoms with Gasteiger partial charge < -0.3 is 0 Å². The van der Waals surface area contributed by atoms with E-state index >= 15 is 0 Å². The highest BCUT2D eigenvalue weighted by atomic mass is 14.3. The standard InChI is InChI=1S/C10H12/c1-8-6-9-4-2-3-5-10(9)7-8/h2-6,9-10H,7H2,1H3. The zero-order chi connectivity index (χ0) is 6.97. The van der Waals surface area contributed by atoms with Gasteiger partial charge in [0.15, 0.2) is 0 Å². The summed E-state index contributed by atoms with van der Waals surface area (Å²) in [4.78, 5) is 0. The summed E-state index contributed by atoms with van der Waals surface area (Å²) in [6.45, 7) is 2.22. The summed E-state index contributed by atoms with van der Waals surface area (Å²) >= 11 is 0. The average Bonchev–Trinajstić information content (AvgIpc) is 2.27. The first-order valence-corrected chi connectivity index (χ1v) is 3.88. The first kappa shape index (κ1) is 5.96. The number of allylic oxidation sites excluding steroid dienone is 6. The van der Waals surface area contributed by atoms with Crippen molar-refractivity contribution < 1.29 is 0 Å². The maximum absolute atomic E-state index is 2.38. The van der Waals surface area contributed by atoms with Crippen LogP contribution in [0, 0.1) is 11.8 Å². The van der Waals surface area contributed by atoms with Gasteiger partial charge in [0, 0.05) is 5.92 Å². The first-order chi connectivity index (χ1) is 4.86. The number of hydrogen-bond donors (Lipinski definition) is 0. The Balaban J connectivity index is 2.24. The Hall–Kier alpha value is -0.780. The molecule has 0 saturated carbocycles. The highest BCUT2D eigenvalue weighted by molar-refractivity contribution is 5.26. The van der Waals surface area contributed by atoms with Crippen LogP contribution in [0.1, 0.15) is 13.3 Å². The summed E-state index contributed by atoms with van der Waals surface area (Å²) in [7, 11) is 0. The minimum Gasteiger partial charge on any atom is -0.0802 e. The molecule has 0 aromatic rings. The predicted octanol–water partition coefficient (Wildman–Crippen LogP) is 2.69. The van der Waals surface area contributed by atoms with Gasteiger partial charge in [-0.3, -0.25) is 0 Å². The van der Waals surface area contributed by atoms with Crippen LogP contribution in [0.3, 0.4) is 0 Å². The Labute approximate surface area is 61.9 Å². The smallest absolute Gasteiger partial charge is 0.00183 e. The Morgan fingerprint density at radius 2 is 2.10 bits per heavy atom. The lowest BCUT2D eigenvalue weighted by atomic mass is 9.91. The molecule has 0 fully saturated rings. The second-order valence-electron chi connectivity index (χ2n) is 3.23. The largest absolute Gasteiger partial charge is 0.0802 e. The second kappa shape index (κ2) is 2.12. The van der Waals surface area contributed by atoms with Gasteiger partial charge in [0.25, 0.3) is 0 Å². The van der Waals surface area contributed by atoms with E-state index in [-0.39, 0.29) is 0 Å². The second-order valence-corrected chi connectivity index (χ2v) is 3.23. The third-order valence-corrected chi connectivity index (χ3v) is 2.33. The zero-order valence-corrected chi connectivity index (χ0v) is 6.25. The van der Waals surface area contributed by atoms with Crippen molar-refractivity contribution in [2.24, 2.45) is 11.8 Å². The lowest BCUT2D eigenvalue weighted by molar-refractivity contribution is 0.591. The van der Waals surface area contributed by atoms with Gasteiger partial charge in [-0.1, -0.05) is 36.0 Å². The van der Waals surface area contributed by atoms with E-state index in [1.807, 2.05) is 0 Å². The fourth-order valence-corrected chi connectivity index (χ4v) is 1.82. The Bertz CT molecular complexity index is 218. The summed E-state index contributed by atoms with van der Waals surface area (Å²) in [5.74, 6) is 1.50. The normalized spacial score (nSPS) is 35.9. The van der Waals surface area contributed by atoms with Gasteiger partial charge in [-0.05, 0) is 19.3 Å². The molecule has 2 aliphatic rings. The van der Waals surface area contributed by atoms with Gasteiger partial charge in [-0.25, -0.2) is 0 Å². The maximum Gasteiger partial charge on any atom is 0.00183 e. The molecule has 0 spiro atoms. The van der Waals surface area contributed by atoms with Crippen LogP contribution in [-0.4, -0.2) is 0 Å². The first-order valence-electron chi connectivity index (χ1n) is 3.88. The van der Waals surface area contributed by atoms with Gasteiger partial charge in [0.2, 0.25) is 0 Å². The third kappa shape index (κ3) is 0.841. The van der Waals surface area contributed by atoms with Crippen molar-refractivity contribution >= 4 is 0 Å².